The summed E-state index contributed by atoms with van der Waals surface area (Å²) < 4.78 is 0. The first-order chi connectivity index (χ1) is 15.7. The maximum atomic E-state index is 5.97. The van der Waals surface area contributed by atoms with E-state index in [-0.39, 0.29) is 0 Å². The molecule has 172 valence electrons. The summed E-state index contributed by atoms with van der Waals surface area (Å²) in [7, 11) is 0. The predicted molar refractivity (Wildman–Crippen MR) is 141 cm³/mol. The Morgan fingerprint density at radius 2 is 1.06 bits per heavy atom. The van der Waals surface area contributed by atoms with Gasteiger partial charge in [0.05, 0.1) is 0 Å². The standard InChI is InChI=1S/C31H41Cl/c1-2-3-24-4-6-25(7-5-24)8-9-26-12-18-29(19-13-26)30-20-14-27(15-21-30)10-11-28-16-22-31(32)23-17-28/h10-11,14-17,20-26,29H,2-9,12-13,18-19H2,1H3/b11-10+/t24-,25-,26-,29-. The minimum atomic E-state index is 0.769. The van der Waals surface area contributed by atoms with Crippen molar-refractivity contribution in [1.82, 2.24) is 0 Å². The molecule has 2 fully saturated rings. The second-order valence-electron chi connectivity index (χ2n) is 10.5. The van der Waals surface area contributed by atoms with E-state index < -0.39 is 0 Å². The number of hydrogen-bond donors (Lipinski definition) is 0. The second kappa shape index (κ2) is 12.1. The van der Waals surface area contributed by atoms with Gasteiger partial charge in [-0.15, -0.1) is 0 Å². The molecule has 2 aromatic rings. The first-order valence-corrected chi connectivity index (χ1v) is 13.6. The van der Waals surface area contributed by atoms with Crippen LogP contribution in [0.15, 0.2) is 48.5 Å². The molecule has 0 aromatic heterocycles. The third kappa shape index (κ3) is 6.98. The Morgan fingerprint density at radius 3 is 1.56 bits per heavy atom. The molecule has 0 amide bonds. The van der Waals surface area contributed by atoms with E-state index in [0.29, 0.717) is 0 Å². The highest BCUT2D eigenvalue weighted by Crippen LogP contribution is 2.40. The van der Waals surface area contributed by atoms with Gasteiger partial charge in [-0.05, 0) is 78.2 Å². The molecule has 2 aliphatic carbocycles. The smallest absolute Gasteiger partial charge is 0.0406 e. The Balaban J connectivity index is 1.18. The molecular weight excluding hydrogens is 408 g/mol. The summed E-state index contributed by atoms with van der Waals surface area (Å²) in [4.78, 5) is 0. The first-order valence-electron chi connectivity index (χ1n) is 13.2. The molecule has 0 radical (unpaired) electrons. The zero-order valence-corrected chi connectivity index (χ0v) is 20.7. The monoisotopic (exact) mass is 448 g/mol. The maximum absolute atomic E-state index is 5.97. The van der Waals surface area contributed by atoms with E-state index in [4.69, 9.17) is 11.6 Å². The average Bonchev–Trinajstić information content (AvgIpc) is 2.84. The summed E-state index contributed by atoms with van der Waals surface area (Å²) in [6.07, 6.45) is 21.9. The quantitative estimate of drug-likeness (QED) is 0.352. The van der Waals surface area contributed by atoms with E-state index in [1.165, 1.54) is 88.2 Å². The van der Waals surface area contributed by atoms with Crippen molar-refractivity contribution in [3.63, 3.8) is 0 Å². The van der Waals surface area contributed by atoms with Crippen molar-refractivity contribution in [2.24, 2.45) is 17.8 Å². The van der Waals surface area contributed by atoms with Crippen LogP contribution in [0.4, 0.5) is 0 Å². The summed E-state index contributed by atoms with van der Waals surface area (Å²) in [5.74, 6) is 3.84. The summed E-state index contributed by atoms with van der Waals surface area (Å²) in [6.45, 7) is 2.34. The predicted octanol–water partition coefficient (Wildman–Crippen LogP) is 10.2. The molecule has 0 N–H and O–H groups in total. The number of halogens is 1. The fraction of sp³-hybridized carbons (Fsp3) is 0.548. The molecule has 0 saturated heterocycles. The molecule has 0 heterocycles. The lowest BCUT2D eigenvalue weighted by molar-refractivity contribution is 0.224. The van der Waals surface area contributed by atoms with Crippen LogP contribution in [0.3, 0.4) is 0 Å². The minimum Gasteiger partial charge on any atom is -0.0843 e. The van der Waals surface area contributed by atoms with Crippen LogP contribution in [0.5, 0.6) is 0 Å². The number of benzene rings is 2. The second-order valence-corrected chi connectivity index (χ2v) is 11.0. The lowest BCUT2D eigenvalue weighted by atomic mass is 9.74. The Morgan fingerprint density at radius 1 is 0.625 bits per heavy atom. The normalized spacial score (nSPS) is 26.4. The lowest BCUT2D eigenvalue weighted by Crippen LogP contribution is -2.17. The van der Waals surface area contributed by atoms with Crippen molar-refractivity contribution < 1.29 is 0 Å². The molecule has 0 atom stereocenters. The van der Waals surface area contributed by atoms with Crippen molar-refractivity contribution in [2.45, 2.75) is 89.9 Å². The molecule has 32 heavy (non-hydrogen) atoms. The van der Waals surface area contributed by atoms with Crippen LogP contribution >= 0.6 is 11.6 Å². The van der Waals surface area contributed by atoms with Crippen LogP contribution in [0.25, 0.3) is 12.2 Å². The van der Waals surface area contributed by atoms with Crippen LogP contribution in [0.1, 0.15) is 107 Å². The van der Waals surface area contributed by atoms with Crippen molar-refractivity contribution in [3.05, 3.63) is 70.2 Å². The highest BCUT2D eigenvalue weighted by atomic mass is 35.5. The van der Waals surface area contributed by atoms with E-state index in [9.17, 15) is 0 Å². The van der Waals surface area contributed by atoms with Gasteiger partial charge in [0, 0.05) is 5.02 Å². The molecule has 0 aliphatic heterocycles. The Bertz CT molecular complexity index is 816. The molecule has 2 saturated carbocycles. The fourth-order valence-corrected chi connectivity index (χ4v) is 6.24. The van der Waals surface area contributed by atoms with Crippen molar-refractivity contribution in [1.29, 1.82) is 0 Å². The molecule has 0 unspecified atom stereocenters. The van der Waals surface area contributed by atoms with Crippen molar-refractivity contribution >= 4 is 23.8 Å². The number of hydrogen-bond acceptors (Lipinski definition) is 0. The zero-order valence-electron chi connectivity index (χ0n) is 19.9. The summed E-state index contributed by atoms with van der Waals surface area (Å²) in [6, 6.07) is 17.3. The van der Waals surface area contributed by atoms with E-state index in [1.54, 1.807) is 5.56 Å². The van der Waals surface area contributed by atoms with Crippen LogP contribution in [-0.2, 0) is 0 Å². The third-order valence-corrected chi connectivity index (χ3v) is 8.49. The minimum absolute atomic E-state index is 0.769. The number of rotatable bonds is 8. The van der Waals surface area contributed by atoms with Gasteiger partial charge in [-0.3, -0.25) is 0 Å². The van der Waals surface area contributed by atoms with Crippen LogP contribution in [0, 0.1) is 17.8 Å². The Hall–Kier alpha value is -1.53. The Labute approximate surface area is 201 Å². The first kappa shape index (κ1) is 23.6. The van der Waals surface area contributed by atoms with Gasteiger partial charge in [0.15, 0.2) is 0 Å². The van der Waals surface area contributed by atoms with Crippen LogP contribution in [0.2, 0.25) is 5.02 Å². The highest BCUT2D eigenvalue weighted by Gasteiger charge is 2.25. The van der Waals surface area contributed by atoms with Gasteiger partial charge in [0.1, 0.15) is 0 Å². The van der Waals surface area contributed by atoms with E-state index in [0.717, 1.165) is 28.7 Å². The topological polar surface area (TPSA) is 0 Å². The van der Waals surface area contributed by atoms with Crippen molar-refractivity contribution in [3.8, 4) is 0 Å². The van der Waals surface area contributed by atoms with E-state index >= 15 is 0 Å². The lowest BCUT2D eigenvalue weighted by Gasteiger charge is -2.32. The largest absolute Gasteiger partial charge is 0.0843 e. The van der Waals surface area contributed by atoms with E-state index in [2.05, 4.69) is 55.5 Å². The SMILES string of the molecule is CCC[C@H]1CC[C@H](CC[C@H]2CC[C@H](c3ccc(/C=C/c4ccc(Cl)cc4)cc3)CC2)CC1. The third-order valence-electron chi connectivity index (χ3n) is 8.24. The van der Waals surface area contributed by atoms with Gasteiger partial charge in [0.25, 0.3) is 0 Å². The molecule has 4 rings (SSSR count). The van der Waals surface area contributed by atoms with Gasteiger partial charge < -0.3 is 0 Å². The van der Waals surface area contributed by atoms with Crippen LogP contribution < -0.4 is 0 Å². The molecule has 2 aromatic carbocycles. The van der Waals surface area contributed by atoms with Crippen LogP contribution in [-0.4, -0.2) is 0 Å². The fourth-order valence-electron chi connectivity index (χ4n) is 6.12. The highest BCUT2D eigenvalue weighted by molar-refractivity contribution is 6.30. The molecule has 0 spiro atoms. The average molecular weight is 449 g/mol. The van der Waals surface area contributed by atoms with Crippen molar-refractivity contribution in [2.75, 3.05) is 0 Å². The Kier molecular flexibility index (Phi) is 8.92. The van der Waals surface area contributed by atoms with Gasteiger partial charge in [-0.2, -0.15) is 0 Å². The molecule has 0 nitrogen and oxygen atoms in total. The summed E-state index contributed by atoms with van der Waals surface area (Å²) in [5, 5.41) is 0.788. The summed E-state index contributed by atoms with van der Waals surface area (Å²) >= 11 is 5.97. The van der Waals surface area contributed by atoms with Gasteiger partial charge in [-0.1, -0.05) is 118 Å². The molecule has 1 heteroatoms. The zero-order chi connectivity index (χ0) is 22.2. The van der Waals surface area contributed by atoms with E-state index in [1.807, 2.05) is 12.1 Å². The van der Waals surface area contributed by atoms with Gasteiger partial charge in [-0.25, -0.2) is 0 Å². The van der Waals surface area contributed by atoms with Gasteiger partial charge >= 0.3 is 0 Å². The maximum Gasteiger partial charge on any atom is 0.0406 e. The molecular formula is C31H41Cl. The molecule has 2 aliphatic rings. The summed E-state index contributed by atoms with van der Waals surface area (Å²) in [5.41, 5.74) is 4.00. The molecule has 0 bridgehead atoms. The van der Waals surface area contributed by atoms with Gasteiger partial charge in [0.2, 0.25) is 0 Å².